The van der Waals surface area contributed by atoms with Crippen LogP contribution >= 0.6 is 15.9 Å². The average molecular weight is 334 g/mol. The fourth-order valence-corrected chi connectivity index (χ4v) is 2.37. The normalized spacial score (nSPS) is 10.3. The minimum absolute atomic E-state index is 0.561. The lowest BCUT2D eigenvalue weighted by Crippen LogP contribution is -2.02. The molecule has 1 aromatic heterocycles. The minimum Gasteiger partial charge on any atom is -0.394 e. The molecule has 6 heteroatoms. The molecular weight excluding hydrogens is 318 g/mol. The van der Waals surface area contributed by atoms with Crippen molar-refractivity contribution in [1.82, 2.24) is 9.78 Å². The Labute approximate surface area is 126 Å². The van der Waals surface area contributed by atoms with Gasteiger partial charge in [-0.3, -0.25) is 4.68 Å². The SMILES string of the molecule is CCCc1nn(C)c(Nc2cc(Br)ccc2C#N)c1N. The Balaban J connectivity index is 2.40. The van der Waals surface area contributed by atoms with Gasteiger partial charge >= 0.3 is 0 Å². The van der Waals surface area contributed by atoms with E-state index < -0.39 is 0 Å². The van der Waals surface area contributed by atoms with Gasteiger partial charge in [0, 0.05) is 11.5 Å². The van der Waals surface area contributed by atoms with Crippen LogP contribution in [0.25, 0.3) is 0 Å². The first-order valence-corrected chi connectivity index (χ1v) is 7.14. The third kappa shape index (κ3) is 2.78. The van der Waals surface area contributed by atoms with Crippen LogP contribution in [0.5, 0.6) is 0 Å². The molecule has 0 unspecified atom stereocenters. The second kappa shape index (κ2) is 5.97. The van der Waals surface area contributed by atoms with Crippen LogP contribution in [0.2, 0.25) is 0 Å². The number of aryl methyl sites for hydroxylation is 2. The number of rotatable bonds is 4. The van der Waals surface area contributed by atoms with Crippen molar-refractivity contribution in [2.24, 2.45) is 7.05 Å². The summed E-state index contributed by atoms with van der Waals surface area (Å²) in [5.74, 6) is 0.711. The molecule has 0 saturated carbocycles. The zero-order valence-electron chi connectivity index (χ0n) is 11.4. The standard InChI is InChI=1S/C14H16BrN5/c1-3-4-11-13(17)14(20(2)19-11)18-12-7-10(15)6-5-9(12)8-16/h5-7,18H,3-4,17H2,1-2H3. The third-order valence-electron chi connectivity index (χ3n) is 3.00. The van der Waals surface area contributed by atoms with Gasteiger partial charge in [0.05, 0.1) is 22.6 Å². The van der Waals surface area contributed by atoms with E-state index in [1.807, 2.05) is 19.2 Å². The lowest BCUT2D eigenvalue weighted by Gasteiger charge is -2.09. The van der Waals surface area contributed by atoms with Crippen molar-refractivity contribution < 1.29 is 0 Å². The Morgan fingerprint density at radius 2 is 2.25 bits per heavy atom. The first-order valence-electron chi connectivity index (χ1n) is 6.34. The number of anilines is 3. The number of halogens is 1. The number of benzene rings is 1. The van der Waals surface area contributed by atoms with Crippen molar-refractivity contribution in [2.45, 2.75) is 19.8 Å². The van der Waals surface area contributed by atoms with Crippen LogP contribution < -0.4 is 11.1 Å². The minimum atomic E-state index is 0.561. The van der Waals surface area contributed by atoms with Crippen LogP contribution in [0.1, 0.15) is 24.6 Å². The lowest BCUT2D eigenvalue weighted by atomic mass is 10.2. The van der Waals surface area contributed by atoms with E-state index in [9.17, 15) is 0 Å². The van der Waals surface area contributed by atoms with E-state index in [-0.39, 0.29) is 0 Å². The summed E-state index contributed by atoms with van der Waals surface area (Å²) in [4.78, 5) is 0. The molecule has 5 nitrogen and oxygen atoms in total. The number of aromatic nitrogens is 2. The first-order chi connectivity index (χ1) is 9.56. The van der Waals surface area contributed by atoms with Gasteiger partial charge < -0.3 is 11.1 Å². The zero-order valence-corrected chi connectivity index (χ0v) is 13.0. The fourth-order valence-electron chi connectivity index (χ4n) is 2.01. The Morgan fingerprint density at radius 3 is 2.90 bits per heavy atom. The molecule has 0 aliphatic rings. The largest absolute Gasteiger partial charge is 0.394 e. The van der Waals surface area contributed by atoms with Crippen molar-refractivity contribution in [2.75, 3.05) is 11.1 Å². The summed E-state index contributed by atoms with van der Waals surface area (Å²) >= 11 is 3.40. The van der Waals surface area contributed by atoms with Gasteiger partial charge in [-0.05, 0) is 24.6 Å². The summed E-state index contributed by atoms with van der Waals surface area (Å²) in [7, 11) is 1.84. The molecule has 1 aromatic carbocycles. The van der Waals surface area contributed by atoms with E-state index in [0.717, 1.165) is 23.0 Å². The highest BCUT2D eigenvalue weighted by Crippen LogP contribution is 2.29. The highest BCUT2D eigenvalue weighted by molar-refractivity contribution is 9.10. The predicted octanol–water partition coefficient (Wildman–Crippen LogP) is 3.33. The second-order valence-electron chi connectivity index (χ2n) is 4.51. The quantitative estimate of drug-likeness (QED) is 0.899. The molecule has 0 aliphatic heterocycles. The van der Waals surface area contributed by atoms with Gasteiger partial charge in [-0.2, -0.15) is 10.4 Å². The van der Waals surface area contributed by atoms with E-state index in [2.05, 4.69) is 39.3 Å². The van der Waals surface area contributed by atoms with E-state index >= 15 is 0 Å². The van der Waals surface area contributed by atoms with Gasteiger partial charge in [-0.25, -0.2) is 0 Å². The zero-order chi connectivity index (χ0) is 14.7. The van der Waals surface area contributed by atoms with E-state index in [0.29, 0.717) is 22.8 Å². The maximum atomic E-state index is 9.16. The number of hydrogen-bond acceptors (Lipinski definition) is 4. The van der Waals surface area contributed by atoms with Crippen LogP contribution in [-0.2, 0) is 13.5 Å². The molecule has 0 atom stereocenters. The Bertz CT molecular complexity index is 669. The number of nitrogens with two attached hydrogens (primary N) is 1. The first kappa shape index (κ1) is 14.4. The Morgan fingerprint density at radius 1 is 1.50 bits per heavy atom. The fraction of sp³-hybridized carbons (Fsp3) is 0.286. The summed E-state index contributed by atoms with van der Waals surface area (Å²) in [6.07, 6.45) is 1.83. The number of nitrogens with zero attached hydrogens (tertiary/aromatic N) is 3. The summed E-state index contributed by atoms with van der Waals surface area (Å²) < 4.78 is 2.61. The van der Waals surface area contributed by atoms with Gasteiger partial charge in [0.2, 0.25) is 0 Å². The monoisotopic (exact) mass is 333 g/mol. The van der Waals surface area contributed by atoms with Crippen LogP contribution in [0, 0.1) is 11.3 Å². The van der Waals surface area contributed by atoms with E-state index in [1.54, 1.807) is 10.7 Å². The molecule has 20 heavy (non-hydrogen) atoms. The van der Waals surface area contributed by atoms with E-state index in [4.69, 9.17) is 11.0 Å². The molecule has 2 aromatic rings. The molecule has 104 valence electrons. The molecule has 1 heterocycles. The highest BCUT2D eigenvalue weighted by Gasteiger charge is 2.14. The van der Waals surface area contributed by atoms with Crippen molar-refractivity contribution in [1.29, 1.82) is 5.26 Å². The van der Waals surface area contributed by atoms with Crippen molar-refractivity contribution in [3.8, 4) is 6.07 Å². The van der Waals surface area contributed by atoms with Gasteiger partial charge in [0.1, 0.15) is 6.07 Å². The van der Waals surface area contributed by atoms with Gasteiger partial charge in [0.25, 0.3) is 0 Å². The summed E-state index contributed by atoms with van der Waals surface area (Å²) in [6, 6.07) is 7.60. The molecular formula is C14H16BrN5. The number of hydrogen-bond donors (Lipinski definition) is 2. The molecule has 0 radical (unpaired) electrons. The number of nitrogen functional groups attached to an aromatic ring is 1. The van der Waals surface area contributed by atoms with Crippen LogP contribution in [0.3, 0.4) is 0 Å². The molecule has 0 aliphatic carbocycles. The van der Waals surface area contributed by atoms with Crippen LogP contribution in [0.15, 0.2) is 22.7 Å². The summed E-state index contributed by atoms with van der Waals surface area (Å²) in [5, 5.41) is 16.8. The molecule has 0 fully saturated rings. The molecule has 0 bridgehead atoms. The number of nitriles is 1. The summed E-state index contributed by atoms with van der Waals surface area (Å²) in [5.41, 5.74) is 8.91. The van der Waals surface area contributed by atoms with Crippen molar-refractivity contribution in [3.05, 3.63) is 33.9 Å². The maximum absolute atomic E-state index is 9.16. The molecule has 0 amide bonds. The molecule has 2 rings (SSSR count). The Kier molecular flexibility index (Phi) is 4.30. The smallest absolute Gasteiger partial charge is 0.152 e. The van der Waals surface area contributed by atoms with Crippen LogP contribution in [-0.4, -0.2) is 9.78 Å². The molecule has 0 saturated heterocycles. The topological polar surface area (TPSA) is 79.7 Å². The highest BCUT2D eigenvalue weighted by atomic mass is 79.9. The third-order valence-corrected chi connectivity index (χ3v) is 3.50. The predicted molar refractivity (Wildman–Crippen MR) is 83.8 cm³/mol. The van der Waals surface area contributed by atoms with Gasteiger partial charge in [0.15, 0.2) is 5.82 Å². The van der Waals surface area contributed by atoms with Crippen molar-refractivity contribution in [3.63, 3.8) is 0 Å². The van der Waals surface area contributed by atoms with Gasteiger partial charge in [-0.1, -0.05) is 29.3 Å². The van der Waals surface area contributed by atoms with E-state index in [1.165, 1.54) is 0 Å². The lowest BCUT2D eigenvalue weighted by molar-refractivity contribution is 0.740. The maximum Gasteiger partial charge on any atom is 0.152 e. The second-order valence-corrected chi connectivity index (χ2v) is 5.42. The summed E-state index contributed by atoms with van der Waals surface area (Å²) in [6.45, 7) is 2.09. The molecule has 0 spiro atoms. The van der Waals surface area contributed by atoms with Crippen molar-refractivity contribution >= 4 is 33.1 Å². The molecule has 3 N–H and O–H groups in total. The van der Waals surface area contributed by atoms with Gasteiger partial charge in [-0.15, -0.1) is 0 Å². The Hall–Kier alpha value is -2.00. The average Bonchev–Trinajstić information content (AvgIpc) is 2.67. The van der Waals surface area contributed by atoms with Crippen LogP contribution in [0.4, 0.5) is 17.2 Å². The number of nitrogens with one attached hydrogen (secondary N) is 1.